The van der Waals surface area contributed by atoms with Crippen molar-refractivity contribution in [1.29, 1.82) is 5.26 Å². The number of rotatable bonds is 3. The summed E-state index contributed by atoms with van der Waals surface area (Å²) < 4.78 is 13.7. The first-order valence-corrected chi connectivity index (χ1v) is 8.67. The van der Waals surface area contributed by atoms with Crippen LogP contribution in [-0.2, 0) is 0 Å². The van der Waals surface area contributed by atoms with Crippen molar-refractivity contribution in [2.45, 2.75) is 0 Å². The molecule has 0 saturated heterocycles. The van der Waals surface area contributed by atoms with E-state index in [1.807, 2.05) is 18.2 Å². The number of carbonyl (C=O) groups excluding carboxylic acids is 1. The quantitative estimate of drug-likeness (QED) is 0.765. The normalized spacial score (nSPS) is 12.9. The summed E-state index contributed by atoms with van der Waals surface area (Å²) in [5.41, 5.74) is 10.9. The summed E-state index contributed by atoms with van der Waals surface area (Å²) in [7, 11) is 0. The highest BCUT2D eigenvalue weighted by atomic mass is 19.1. The molecule has 6 heteroatoms. The van der Waals surface area contributed by atoms with Crippen LogP contribution in [0.2, 0.25) is 0 Å². The summed E-state index contributed by atoms with van der Waals surface area (Å²) in [4.78, 5) is 20.6. The predicted octanol–water partition coefficient (Wildman–Crippen LogP) is 3.37. The van der Waals surface area contributed by atoms with E-state index in [2.05, 4.69) is 16.0 Å². The van der Waals surface area contributed by atoms with E-state index in [4.69, 9.17) is 5.73 Å². The Morgan fingerprint density at radius 1 is 1.00 bits per heavy atom. The van der Waals surface area contributed by atoms with Crippen molar-refractivity contribution < 1.29 is 9.18 Å². The third kappa shape index (κ3) is 3.08. The Morgan fingerprint density at radius 2 is 1.82 bits per heavy atom. The van der Waals surface area contributed by atoms with Crippen LogP contribution in [0, 0.1) is 17.1 Å². The number of carbonyl (C=O) groups is 1. The zero-order valence-corrected chi connectivity index (χ0v) is 14.8. The zero-order valence-electron chi connectivity index (χ0n) is 14.8. The van der Waals surface area contributed by atoms with Gasteiger partial charge in [-0.2, -0.15) is 5.26 Å². The van der Waals surface area contributed by atoms with Gasteiger partial charge in [0.15, 0.2) is 5.78 Å². The summed E-state index contributed by atoms with van der Waals surface area (Å²) in [6.45, 7) is 0.364. The molecule has 5 nitrogen and oxygen atoms in total. The van der Waals surface area contributed by atoms with E-state index in [-0.39, 0.29) is 18.9 Å². The highest BCUT2D eigenvalue weighted by Gasteiger charge is 2.20. The lowest BCUT2D eigenvalue weighted by molar-refractivity contribution is 0.1000. The average Bonchev–Trinajstić information content (AvgIpc) is 2.74. The molecule has 0 bridgehead atoms. The molecule has 28 heavy (non-hydrogen) atoms. The number of pyridine rings is 1. The molecule has 0 saturated carbocycles. The minimum absolute atomic E-state index is 0.0379. The largest absolute Gasteiger partial charge is 0.325 e. The third-order valence-electron chi connectivity index (χ3n) is 4.72. The first-order valence-electron chi connectivity index (χ1n) is 8.67. The van der Waals surface area contributed by atoms with Gasteiger partial charge in [-0.05, 0) is 35.9 Å². The molecular weight excluding hydrogens is 355 g/mol. The summed E-state index contributed by atoms with van der Waals surface area (Å²) in [6, 6.07) is 13.4. The molecule has 1 aromatic heterocycles. The van der Waals surface area contributed by atoms with Crippen LogP contribution < -0.4 is 5.73 Å². The highest BCUT2D eigenvalue weighted by molar-refractivity contribution is 6.16. The molecule has 0 atom stereocenters. The van der Waals surface area contributed by atoms with Crippen molar-refractivity contribution in [3.8, 4) is 28.3 Å². The Morgan fingerprint density at radius 3 is 2.61 bits per heavy atom. The molecule has 0 spiro atoms. The van der Waals surface area contributed by atoms with Crippen LogP contribution >= 0.6 is 0 Å². The standard InChI is InChI=1S/C22H15FN4O/c23-17-3-1-14(8-24)19(7-17)16-5-15(10-26-11-16)13-2-4-18-20(6-13)21(9-25)27-12-22(18)28/h1-7,10-11H,9,12,25H2. The average molecular weight is 370 g/mol. The summed E-state index contributed by atoms with van der Waals surface area (Å²) >= 11 is 0. The lowest BCUT2D eigenvalue weighted by atomic mass is 9.92. The minimum atomic E-state index is -0.421. The molecule has 0 fully saturated rings. The van der Waals surface area contributed by atoms with Gasteiger partial charge in [-0.3, -0.25) is 14.8 Å². The van der Waals surface area contributed by atoms with Crippen LogP contribution in [0.3, 0.4) is 0 Å². The number of hydrogen-bond donors (Lipinski definition) is 1. The maximum Gasteiger partial charge on any atom is 0.184 e. The molecule has 136 valence electrons. The van der Waals surface area contributed by atoms with Crippen LogP contribution in [0.15, 0.2) is 59.9 Å². The molecule has 1 aliphatic rings. The molecule has 0 unspecified atom stereocenters. The molecule has 4 rings (SSSR count). The van der Waals surface area contributed by atoms with Crippen molar-refractivity contribution in [2.24, 2.45) is 10.7 Å². The van der Waals surface area contributed by atoms with Crippen molar-refractivity contribution >= 4 is 11.5 Å². The van der Waals surface area contributed by atoms with Crippen molar-refractivity contribution in [2.75, 3.05) is 13.1 Å². The fourth-order valence-corrected chi connectivity index (χ4v) is 3.32. The Bertz CT molecular complexity index is 1180. The SMILES string of the molecule is N#Cc1ccc(F)cc1-c1cncc(-c2ccc3c(c2)C(CN)=NCC3=O)c1. The summed E-state index contributed by atoms with van der Waals surface area (Å²) in [6.07, 6.45) is 3.27. The number of fused-ring (bicyclic) bond motifs is 1. The number of nitrogens with two attached hydrogens (primary N) is 1. The van der Waals surface area contributed by atoms with Gasteiger partial charge in [0.25, 0.3) is 0 Å². The molecule has 3 aromatic rings. The Kier molecular flexibility index (Phi) is 4.52. The van der Waals surface area contributed by atoms with E-state index in [1.165, 1.54) is 18.2 Å². The van der Waals surface area contributed by atoms with Crippen LogP contribution in [0.25, 0.3) is 22.3 Å². The second-order valence-corrected chi connectivity index (χ2v) is 6.41. The lowest BCUT2D eigenvalue weighted by Crippen LogP contribution is -2.24. The van der Waals surface area contributed by atoms with E-state index in [9.17, 15) is 14.4 Å². The number of benzene rings is 2. The van der Waals surface area contributed by atoms with E-state index in [0.29, 0.717) is 28.0 Å². The number of nitriles is 1. The van der Waals surface area contributed by atoms with E-state index in [1.54, 1.807) is 18.5 Å². The molecular formula is C22H15FN4O. The van der Waals surface area contributed by atoms with Gasteiger partial charge in [0.2, 0.25) is 0 Å². The molecule has 2 aromatic carbocycles. The van der Waals surface area contributed by atoms with Crippen molar-refractivity contribution in [1.82, 2.24) is 4.98 Å². The smallest absolute Gasteiger partial charge is 0.184 e. The van der Waals surface area contributed by atoms with Crippen LogP contribution in [0.4, 0.5) is 4.39 Å². The number of aromatic nitrogens is 1. The van der Waals surface area contributed by atoms with Crippen LogP contribution in [-0.4, -0.2) is 29.6 Å². The van der Waals surface area contributed by atoms with Gasteiger partial charge >= 0.3 is 0 Å². The maximum absolute atomic E-state index is 13.7. The number of Topliss-reactive ketones (excluding diaryl/α,β-unsaturated/α-hetero) is 1. The van der Waals surface area contributed by atoms with Gasteiger partial charge in [-0.25, -0.2) is 4.39 Å². The Hall–Kier alpha value is -3.69. The topological polar surface area (TPSA) is 92.1 Å². The Labute approximate surface area is 161 Å². The van der Waals surface area contributed by atoms with Crippen molar-refractivity contribution in [3.05, 3.63) is 77.4 Å². The van der Waals surface area contributed by atoms with E-state index >= 15 is 0 Å². The van der Waals surface area contributed by atoms with Crippen molar-refractivity contribution in [3.63, 3.8) is 0 Å². The summed E-state index contributed by atoms with van der Waals surface area (Å²) in [5.74, 6) is -0.459. The van der Waals surface area contributed by atoms with Crippen LogP contribution in [0.1, 0.15) is 21.5 Å². The van der Waals surface area contributed by atoms with Gasteiger partial charge in [0.1, 0.15) is 12.4 Å². The van der Waals surface area contributed by atoms with Gasteiger partial charge < -0.3 is 5.73 Å². The molecule has 2 heterocycles. The number of nitrogens with zero attached hydrogens (tertiary/aromatic N) is 3. The number of ketones is 1. The minimum Gasteiger partial charge on any atom is -0.325 e. The fraction of sp³-hybridized carbons (Fsp3) is 0.0909. The molecule has 0 amide bonds. The van der Waals surface area contributed by atoms with Gasteiger partial charge in [-0.1, -0.05) is 12.1 Å². The lowest BCUT2D eigenvalue weighted by Gasteiger charge is -2.16. The highest BCUT2D eigenvalue weighted by Crippen LogP contribution is 2.30. The number of hydrogen-bond acceptors (Lipinski definition) is 5. The third-order valence-corrected chi connectivity index (χ3v) is 4.72. The maximum atomic E-state index is 13.7. The molecule has 0 radical (unpaired) electrons. The molecule has 0 aliphatic carbocycles. The van der Waals surface area contributed by atoms with Gasteiger partial charge in [-0.15, -0.1) is 0 Å². The fourth-order valence-electron chi connectivity index (χ4n) is 3.32. The second-order valence-electron chi connectivity index (χ2n) is 6.41. The second kappa shape index (κ2) is 7.14. The van der Waals surface area contributed by atoms with E-state index in [0.717, 1.165) is 16.7 Å². The van der Waals surface area contributed by atoms with Gasteiger partial charge in [0, 0.05) is 46.8 Å². The molecule has 2 N–H and O–H groups in total. The predicted molar refractivity (Wildman–Crippen MR) is 105 cm³/mol. The Balaban J connectivity index is 1.82. The number of halogens is 1. The summed E-state index contributed by atoms with van der Waals surface area (Å²) in [5, 5.41) is 9.32. The zero-order chi connectivity index (χ0) is 19.7. The van der Waals surface area contributed by atoms with Crippen LogP contribution in [0.5, 0.6) is 0 Å². The first kappa shape index (κ1) is 17.7. The van der Waals surface area contributed by atoms with E-state index < -0.39 is 5.82 Å². The molecule has 1 aliphatic heterocycles. The monoisotopic (exact) mass is 370 g/mol. The van der Waals surface area contributed by atoms with Gasteiger partial charge in [0.05, 0.1) is 17.3 Å². The first-order chi connectivity index (χ1) is 13.6. The number of aliphatic imine (C=N–C) groups is 1.